The van der Waals surface area contributed by atoms with Crippen LogP contribution in [0.3, 0.4) is 0 Å². The van der Waals surface area contributed by atoms with Crippen molar-refractivity contribution in [3.63, 3.8) is 0 Å². The largest absolute Gasteiger partial charge is 0.467 e. The molecule has 0 unspecified atom stereocenters. The van der Waals surface area contributed by atoms with Crippen LogP contribution < -0.4 is 10.5 Å². The number of anilines is 1. The number of nitriles is 1. The summed E-state index contributed by atoms with van der Waals surface area (Å²) in [6, 6.07) is 4.62. The number of aryl methyl sites for hydroxylation is 1. The van der Waals surface area contributed by atoms with E-state index in [4.69, 9.17) is 11.0 Å². The van der Waals surface area contributed by atoms with Gasteiger partial charge in [-0.1, -0.05) is 0 Å². The third-order valence-electron chi connectivity index (χ3n) is 3.54. The first-order valence-corrected chi connectivity index (χ1v) is 7.33. The molecule has 0 saturated heterocycles. The molecule has 3 heterocycles. The molecule has 0 aliphatic heterocycles. The summed E-state index contributed by atoms with van der Waals surface area (Å²) in [4.78, 5) is 12.2. The Labute approximate surface area is 145 Å². The van der Waals surface area contributed by atoms with Gasteiger partial charge in [-0.25, -0.2) is 9.97 Å². The van der Waals surface area contributed by atoms with Crippen molar-refractivity contribution in [2.45, 2.75) is 19.5 Å². The SMILES string of the molecule is Cc1nc2ncnn2c(N)c1Cc1ccc(C#N)c(OCC(F)(F)F)n1. The Bertz CT molecular complexity index is 1010. The molecule has 0 spiro atoms. The summed E-state index contributed by atoms with van der Waals surface area (Å²) in [7, 11) is 0. The Balaban J connectivity index is 1.94. The van der Waals surface area contributed by atoms with Gasteiger partial charge in [-0.05, 0) is 19.1 Å². The summed E-state index contributed by atoms with van der Waals surface area (Å²) in [5.41, 5.74) is 7.55. The summed E-state index contributed by atoms with van der Waals surface area (Å²) in [6.07, 6.45) is -3.05. The molecule has 0 radical (unpaired) electrons. The van der Waals surface area contributed by atoms with Gasteiger partial charge in [0, 0.05) is 23.4 Å². The van der Waals surface area contributed by atoms with Crippen LogP contribution in [-0.4, -0.2) is 37.3 Å². The van der Waals surface area contributed by atoms with Crippen molar-refractivity contribution < 1.29 is 17.9 Å². The lowest BCUT2D eigenvalue weighted by Crippen LogP contribution is -2.20. The van der Waals surface area contributed by atoms with Gasteiger partial charge in [0.2, 0.25) is 5.88 Å². The van der Waals surface area contributed by atoms with E-state index in [1.165, 1.54) is 23.0 Å². The highest BCUT2D eigenvalue weighted by molar-refractivity contribution is 5.51. The number of aromatic nitrogens is 5. The van der Waals surface area contributed by atoms with E-state index in [2.05, 4.69) is 24.8 Å². The number of halogens is 3. The molecule has 0 saturated carbocycles. The van der Waals surface area contributed by atoms with Crippen molar-refractivity contribution in [1.82, 2.24) is 24.6 Å². The van der Waals surface area contributed by atoms with Crippen molar-refractivity contribution in [1.29, 1.82) is 5.26 Å². The van der Waals surface area contributed by atoms with Crippen molar-refractivity contribution in [2.24, 2.45) is 0 Å². The third kappa shape index (κ3) is 3.49. The van der Waals surface area contributed by atoms with Crippen molar-refractivity contribution in [2.75, 3.05) is 12.3 Å². The van der Waals surface area contributed by atoms with Gasteiger partial charge >= 0.3 is 6.18 Å². The molecule has 134 valence electrons. The number of hydrogen-bond donors (Lipinski definition) is 1. The second-order valence-corrected chi connectivity index (χ2v) is 5.38. The van der Waals surface area contributed by atoms with Crippen LogP contribution in [0.2, 0.25) is 0 Å². The number of nitrogens with two attached hydrogens (primary N) is 1. The molecule has 0 aromatic carbocycles. The van der Waals surface area contributed by atoms with Gasteiger partial charge in [-0.3, -0.25) is 0 Å². The minimum Gasteiger partial charge on any atom is -0.467 e. The normalized spacial score (nSPS) is 11.5. The number of alkyl halides is 3. The van der Waals surface area contributed by atoms with Crippen LogP contribution >= 0.6 is 0 Å². The van der Waals surface area contributed by atoms with Crippen LogP contribution in [0.25, 0.3) is 5.78 Å². The molecule has 0 bridgehead atoms. The van der Waals surface area contributed by atoms with E-state index < -0.39 is 12.8 Å². The zero-order valence-electron chi connectivity index (χ0n) is 13.4. The zero-order valence-corrected chi connectivity index (χ0v) is 13.4. The lowest BCUT2D eigenvalue weighted by atomic mass is 10.1. The summed E-state index contributed by atoms with van der Waals surface area (Å²) in [5, 5.41) is 13.0. The van der Waals surface area contributed by atoms with Crippen LogP contribution in [0.15, 0.2) is 18.5 Å². The molecule has 26 heavy (non-hydrogen) atoms. The van der Waals surface area contributed by atoms with Gasteiger partial charge in [0.15, 0.2) is 6.61 Å². The van der Waals surface area contributed by atoms with E-state index in [1.807, 2.05) is 0 Å². The predicted octanol–water partition coefficient (Wildman–Crippen LogP) is 1.81. The Morgan fingerprint density at radius 3 is 2.77 bits per heavy atom. The molecular formula is C15H12F3N7O. The molecule has 3 aromatic rings. The highest BCUT2D eigenvalue weighted by Gasteiger charge is 2.29. The summed E-state index contributed by atoms with van der Waals surface area (Å²) < 4.78 is 43.1. The van der Waals surface area contributed by atoms with E-state index in [9.17, 15) is 13.2 Å². The number of rotatable bonds is 4. The lowest BCUT2D eigenvalue weighted by molar-refractivity contribution is -0.154. The van der Waals surface area contributed by atoms with E-state index in [0.717, 1.165) is 0 Å². The Kier molecular flexibility index (Phi) is 4.33. The maximum atomic E-state index is 12.4. The van der Waals surface area contributed by atoms with Gasteiger partial charge in [0.05, 0.1) is 0 Å². The first kappa shape index (κ1) is 17.4. The number of nitrogen functional groups attached to an aromatic ring is 1. The van der Waals surface area contributed by atoms with Crippen molar-refractivity contribution in [3.8, 4) is 11.9 Å². The van der Waals surface area contributed by atoms with Crippen LogP contribution in [0.5, 0.6) is 5.88 Å². The second kappa shape index (κ2) is 6.47. The molecular weight excluding hydrogens is 351 g/mol. The van der Waals surface area contributed by atoms with Gasteiger partial charge < -0.3 is 10.5 Å². The second-order valence-electron chi connectivity index (χ2n) is 5.38. The average molecular weight is 363 g/mol. The fourth-order valence-electron chi connectivity index (χ4n) is 2.33. The van der Waals surface area contributed by atoms with Crippen LogP contribution in [0.4, 0.5) is 19.0 Å². The number of ether oxygens (including phenoxy) is 1. The molecule has 3 rings (SSSR count). The summed E-state index contributed by atoms with van der Waals surface area (Å²) in [5.74, 6) is 0.257. The first-order valence-electron chi connectivity index (χ1n) is 7.33. The summed E-state index contributed by atoms with van der Waals surface area (Å²) >= 11 is 0. The number of hydrogen-bond acceptors (Lipinski definition) is 7. The number of fused-ring (bicyclic) bond motifs is 1. The number of nitrogens with zero attached hydrogens (tertiary/aromatic N) is 6. The molecule has 0 aliphatic carbocycles. The van der Waals surface area contributed by atoms with Crippen LogP contribution in [0, 0.1) is 18.3 Å². The molecule has 0 aliphatic rings. The van der Waals surface area contributed by atoms with E-state index in [-0.39, 0.29) is 17.9 Å². The lowest BCUT2D eigenvalue weighted by Gasteiger charge is -2.12. The van der Waals surface area contributed by atoms with Crippen LogP contribution in [0.1, 0.15) is 22.5 Å². The fourth-order valence-corrected chi connectivity index (χ4v) is 2.33. The zero-order chi connectivity index (χ0) is 18.9. The topological polar surface area (TPSA) is 115 Å². The van der Waals surface area contributed by atoms with E-state index in [0.29, 0.717) is 28.5 Å². The third-order valence-corrected chi connectivity index (χ3v) is 3.54. The Morgan fingerprint density at radius 1 is 1.31 bits per heavy atom. The molecule has 0 amide bonds. The molecule has 8 nitrogen and oxygen atoms in total. The molecule has 0 atom stereocenters. The maximum absolute atomic E-state index is 12.4. The van der Waals surface area contributed by atoms with Gasteiger partial charge in [0.1, 0.15) is 23.8 Å². The van der Waals surface area contributed by atoms with E-state index in [1.54, 1.807) is 13.0 Å². The van der Waals surface area contributed by atoms with Gasteiger partial charge in [-0.15, -0.1) is 0 Å². The maximum Gasteiger partial charge on any atom is 0.422 e. The highest BCUT2D eigenvalue weighted by Crippen LogP contribution is 2.23. The highest BCUT2D eigenvalue weighted by atomic mass is 19.4. The molecule has 3 aromatic heterocycles. The van der Waals surface area contributed by atoms with E-state index >= 15 is 0 Å². The minimum atomic E-state index is -4.53. The average Bonchev–Trinajstić information content (AvgIpc) is 3.04. The predicted molar refractivity (Wildman–Crippen MR) is 83.2 cm³/mol. The summed E-state index contributed by atoms with van der Waals surface area (Å²) in [6.45, 7) is 0.191. The standard InChI is InChI=1S/C15H12F3N7O/c1-8-11(12(20)25-14(23-8)21-7-22-25)4-10-3-2-9(5-19)13(24-10)26-6-15(16,17)18/h2-3,7H,4,6,20H2,1H3. The van der Waals surface area contributed by atoms with Crippen LogP contribution in [-0.2, 0) is 6.42 Å². The van der Waals surface area contributed by atoms with Gasteiger partial charge in [-0.2, -0.15) is 33.0 Å². The quantitative estimate of drug-likeness (QED) is 0.752. The Hall–Kier alpha value is -3.42. The molecule has 11 heteroatoms. The smallest absolute Gasteiger partial charge is 0.422 e. The molecule has 2 N–H and O–H groups in total. The Morgan fingerprint density at radius 2 is 2.08 bits per heavy atom. The molecule has 0 fully saturated rings. The monoisotopic (exact) mass is 363 g/mol. The van der Waals surface area contributed by atoms with Gasteiger partial charge in [0.25, 0.3) is 5.78 Å². The fraction of sp³-hybridized carbons (Fsp3) is 0.267. The van der Waals surface area contributed by atoms with Crippen molar-refractivity contribution in [3.05, 3.63) is 41.0 Å². The number of pyridine rings is 1. The first-order chi connectivity index (χ1) is 12.3. The van der Waals surface area contributed by atoms with Crippen molar-refractivity contribution >= 4 is 11.6 Å². The minimum absolute atomic E-state index is 0.0902.